The van der Waals surface area contributed by atoms with Crippen LogP contribution in [0.15, 0.2) is 41.6 Å². The van der Waals surface area contributed by atoms with Crippen molar-refractivity contribution in [2.75, 3.05) is 0 Å². The van der Waals surface area contributed by atoms with Gasteiger partial charge in [-0.25, -0.2) is 4.98 Å². The van der Waals surface area contributed by atoms with Crippen LogP contribution in [0, 0.1) is 18.3 Å². The summed E-state index contributed by atoms with van der Waals surface area (Å²) in [4.78, 5) is 4.21. The normalized spacial score (nSPS) is 10.1. The van der Waals surface area contributed by atoms with E-state index in [1.165, 1.54) is 11.1 Å². The number of pyridine rings is 1. The molecule has 4 heteroatoms. The molecule has 0 radical (unpaired) electrons. The SMILES string of the molecule is Cc1ccccc1CSc1nccc(C#N)c1Cl. The number of aryl methyl sites for hydroxylation is 1. The van der Waals surface area contributed by atoms with Gasteiger partial charge in [-0.05, 0) is 24.1 Å². The molecule has 1 aromatic carbocycles. The van der Waals surface area contributed by atoms with Gasteiger partial charge < -0.3 is 0 Å². The van der Waals surface area contributed by atoms with Crippen LogP contribution in [0.4, 0.5) is 0 Å². The van der Waals surface area contributed by atoms with Crippen LogP contribution in [-0.2, 0) is 5.75 Å². The molecule has 0 aliphatic carbocycles. The van der Waals surface area contributed by atoms with E-state index in [-0.39, 0.29) is 0 Å². The minimum atomic E-state index is 0.443. The van der Waals surface area contributed by atoms with Gasteiger partial charge in [0.25, 0.3) is 0 Å². The molecule has 2 aromatic rings. The molecule has 18 heavy (non-hydrogen) atoms. The van der Waals surface area contributed by atoms with E-state index in [1.54, 1.807) is 24.0 Å². The lowest BCUT2D eigenvalue weighted by atomic mass is 10.1. The molecular weight excluding hydrogens is 264 g/mol. The number of benzene rings is 1. The minimum absolute atomic E-state index is 0.443. The first-order valence-corrected chi connectivity index (χ1v) is 6.80. The summed E-state index contributed by atoms with van der Waals surface area (Å²) in [6, 6.07) is 11.9. The highest BCUT2D eigenvalue weighted by molar-refractivity contribution is 7.98. The average Bonchev–Trinajstić information content (AvgIpc) is 2.39. The van der Waals surface area contributed by atoms with Crippen LogP contribution >= 0.6 is 23.4 Å². The molecule has 90 valence electrons. The van der Waals surface area contributed by atoms with E-state index in [2.05, 4.69) is 30.1 Å². The second-order valence-electron chi connectivity index (χ2n) is 3.80. The molecule has 0 spiro atoms. The van der Waals surface area contributed by atoms with E-state index in [0.717, 1.165) is 5.75 Å². The monoisotopic (exact) mass is 274 g/mol. The summed E-state index contributed by atoms with van der Waals surface area (Å²) in [5.74, 6) is 0.800. The number of hydrogen-bond donors (Lipinski definition) is 0. The first-order valence-electron chi connectivity index (χ1n) is 5.44. The largest absolute Gasteiger partial charge is 0.248 e. The summed E-state index contributed by atoms with van der Waals surface area (Å²) in [5, 5.41) is 10.1. The van der Waals surface area contributed by atoms with Gasteiger partial charge in [0, 0.05) is 11.9 Å². The van der Waals surface area contributed by atoms with Gasteiger partial charge >= 0.3 is 0 Å². The Morgan fingerprint density at radius 2 is 2.11 bits per heavy atom. The summed E-state index contributed by atoms with van der Waals surface area (Å²) in [6.45, 7) is 2.08. The van der Waals surface area contributed by atoms with Crippen molar-refractivity contribution in [1.82, 2.24) is 4.98 Å². The van der Waals surface area contributed by atoms with Gasteiger partial charge in [-0.3, -0.25) is 0 Å². The number of nitriles is 1. The van der Waals surface area contributed by atoms with E-state index in [0.29, 0.717) is 15.6 Å². The summed E-state index contributed by atoms with van der Waals surface area (Å²) in [5.41, 5.74) is 2.97. The van der Waals surface area contributed by atoms with Crippen LogP contribution in [0.5, 0.6) is 0 Å². The molecule has 0 amide bonds. The highest BCUT2D eigenvalue weighted by atomic mass is 35.5. The quantitative estimate of drug-likeness (QED) is 0.787. The first-order chi connectivity index (χ1) is 8.72. The molecule has 0 N–H and O–H groups in total. The Morgan fingerprint density at radius 1 is 1.33 bits per heavy atom. The summed E-state index contributed by atoms with van der Waals surface area (Å²) >= 11 is 7.66. The van der Waals surface area contributed by atoms with E-state index >= 15 is 0 Å². The topological polar surface area (TPSA) is 36.7 Å². The molecule has 0 aliphatic rings. The molecule has 1 aromatic heterocycles. The molecule has 0 aliphatic heterocycles. The molecule has 0 bridgehead atoms. The number of hydrogen-bond acceptors (Lipinski definition) is 3. The van der Waals surface area contributed by atoms with Crippen molar-refractivity contribution in [3.63, 3.8) is 0 Å². The maximum atomic E-state index is 8.90. The molecule has 0 unspecified atom stereocenters. The predicted molar refractivity (Wildman–Crippen MR) is 74.7 cm³/mol. The zero-order chi connectivity index (χ0) is 13.0. The highest BCUT2D eigenvalue weighted by Gasteiger charge is 2.08. The van der Waals surface area contributed by atoms with E-state index in [9.17, 15) is 0 Å². The molecule has 2 nitrogen and oxygen atoms in total. The van der Waals surface area contributed by atoms with Crippen LogP contribution in [0.2, 0.25) is 5.02 Å². The maximum Gasteiger partial charge on any atom is 0.116 e. The number of halogens is 1. The van der Waals surface area contributed by atoms with Crippen LogP contribution in [0.1, 0.15) is 16.7 Å². The lowest BCUT2D eigenvalue weighted by Gasteiger charge is -2.06. The molecule has 0 atom stereocenters. The van der Waals surface area contributed by atoms with Crippen molar-refractivity contribution in [1.29, 1.82) is 5.26 Å². The lowest BCUT2D eigenvalue weighted by Crippen LogP contribution is -1.89. The van der Waals surface area contributed by atoms with Gasteiger partial charge in [0.1, 0.15) is 11.1 Å². The van der Waals surface area contributed by atoms with Crippen LogP contribution in [0.25, 0.3) is 0 Å². The predicted octanol–water partition coefficient (Wildman–Crippen LogP) is 4.21. The van der Waals surface area contributed by atoms with Crippen molar-refractivity contribution in [2.24, 2.45) is 0 Å². The van der Waals surface area contributed by atoms with Gasteiger partial charge in [0.2, 0.25) is 0 Å². The van der Waals surface area contributed by atoms with Gasteiger partial charge in [-0.2, -0.15) is 5.26 Å². The first kappa shape index (κ1) is 12.9. The molecule has 0 saturated carbocycles. The lowest BCUT2D eigenvalue weighted by molar-refractivity contribution is 1.12. The molecule has 2 rings (SSSR count). The minimum Gasteiger partial charge on any atom is -0.248 e. The Balaban J connectivity index is 2.17. The third-order valence-electron chi connectivity index (χ3n) is 2.60. The second-order valence-corrected chi connectivity index (χ2v) is 5.15. The Hall–Kier alpha value is -1.50. The summed E-state index contributed by atoms with van der Waals surface area (Å²) < 4.78 is 0. The Morgan fingerprint density at radius 3 is 2.83 bits per heavy atom. The molecule has 0 saturated heterocycles. The molecular formula is C14H11ClN2S. The van der Waals surface area contributed by atoms with E-state index < -0.39 is 0 Å². The number of nitrogens with zero attached hydrogens (tertiary/aromatic N) is 2. The van der Waals surface area contributed by atoms with Gasteiger partial charge in [-0.1, -0.05) is 35.9 Å². The molecule has 1 heterocycles. The van der Waals surface area contributed by atoms with Gasteiger partial charge in [-0.15, -0.1) is 11.8 Å². The van der Waals surface area contributed by atoms with E-state index in [4.69, 9.17) is 16.9 Å². The maximum absolute atomic E-state index is 8.90. The van der Waals surface area contributed by atoms with Crippen molar-refractivity contribution in [3.8, 4) is 6.07 Å². The third kappa shape index (κ3) is 2.84. The smallest absolute Gasteiger partial charge is 0.116 e. The zero-order valence-electron chi connectivity index (χ0n) is 9.85. The molecule has 0 fully saturated rings. The third-order valence-corrected chi connectivity index (χ3v) is 4.14. The average molecular weight is 275 g/mol. The Bertz CT molecular complexity index is 605. The fourth-order valence-corrected chi connectivity index (χ4v) is 2.84. The summed E-state index contributed by atoms with van der Waals surface area (Å²) in [7, 11) is 0. The standard InChI is InChI=1S/C14H11ClN2S/c1-10-4-2-3-5-12(10)9-18-14-13(15)11(8-16)6-7-17-14/h2-7H,9H2,1H3. The number of rotatable bonds is 3. The van der Waals surface area contributed by atoms with E-state index in [1.807, 2.05) is 12.1 Å². The van der Waals surface area contributed by atoms with Gasteiger partial charge in [0.15, 0.2) is 0 Å². The van der Waals surface area contributed by atoms with Crippen LogP contribution in [-0.4, -0.2) is 4.98 Å². The van der Waals surface area contributed by atoms with Crippen molar-refractivity contribution >= 4 is 23.4 Å². The fourth-order valence-electron chi connectivity index (χ4n) is 1.53. The Kier molecular flexibility index (Phi) is 4.24. The highest BCUT2D eigenvalue weighted by Crippen LogP contribution is 2.30. The number of aromatic nitrogens is 1. The van der Waals surface area contributed by atoms with Crippen molar-refractivity contribution < 1.29 is 0 Å². The second kappa shape index (κ2) is 5.90. The van der Waals surface area contributed by atoms with Crippen LogP contribution in [0.3, 0.4) is 0 Å². The van der Waals surface area contributed by atoms with Crippen molar-refractivity contribution in [2.45, 2.75) is 17.7 Å². The van der Waals surface area contributed by atoms with Crippen molar-refractivity contribution in [3.05, 3.63) is 58.2 Å². The number of thioether (sulfide) groups is 1. The zero-order valence-corrected chi connectivity index (χ0v) is 11.4. The fraction of sp³-hybridized carbons (Fsp3) is 0.143. The van der Waals surface area contributed by atoms with Crippen LogP contribution < -0.4 is 0 Å². The summed E-state index contributed by atoms with van der Waals surface area (Å²) in [6.07, 6.45) is 1.62. The van der Waals surface area contributed by atoms with Gasteiger partial charge in [0.05, 0.1) is 10.6 Å². The Labute approximate surface area is 116 Å².